The number of rotatable bonds is 0. The summed E-state index contributed by atoms with van der Waals surface area (Å²) in [6.07, 6.45) is 11.1. The van der Waals surface area contributed by atoms with Crippen LogP contribution < -0.4 is 0 Å². The average molecular weight is 247 g/mol. The molecule has 4 bridgehead atoms. The zero-order valence-electron chi connectivity index (χ0n) is 11.5. The highest BCUT2D eigenvalue weighted by Crippen LogP contribution is 2.62. The third-order valence-electron chi connectivity index (χ3n) is 6.64. The lowest BCUT2D eigenvalue weighted by atomic mass is 9.46. The van der Waals surface area contributed by atoms with Crippen LogP contribution in [0.15, 0.2) is 0 Å². The first-order valence-electron chi connectivity index (χ1n) is 7.98. The predicted octanol–water partition coefficient (Wildman–Crippen LogP) is 3.21. The molecule has 0 radical (unpaired) electrons. The van der Waals surface area contributed by atoms with Crippen LogP contribution in [0.25, 0.3) is 0 Å². The molecule has 1 spiro atoms. The minimum Gasteiger partial charge on any atom is -0.337 e. The Bertz CT molecular complexity index is 347. The van der Waals surface area contributed by atoms with Crippen molar-refractivity contribution >= 4 is 5.91 Å². The Hall–Kier alpha value is -0.530. The molecule has 5 aliphatic rings. The van der Waals surface area contributed by atoms with E-state index < -0.39 is 0 Å². The van der Waals surface area contributed by atoms with Crippen LogP contribution in [-0.2, 0) is 4.79 Å². The summed E-state index contributed by atoms with van der Waals surface area (Å²) in [5.74, 6) is 4.06. The largest absolute Gasteiger partial charge is 0.337 e. The van der Waals surface area contributed by atoms with Gasteiger partial charge in [-0.3, -0.25) is 4.79 Å². The van der Waals surface area contributed by atoms with Crippen molar-refractivity contribution in [1.29, 1.82) is 0 Å². The fraction of sp³-hybridized carbons (Fsp3) is 0.938. The smallest absolute Gasteiger partial charge is 0.219 e. The molecule has 100 valence electrons. The molecule has 1 amide bonds. The number of amides is 1. The molecule has 2 nitrogen and oxygen atoms in total. The van der Waals surface area contributed by atoms with E-state index in [0.29, 0.717) is 11.4 Å². The summed E-state index contributed by atoms with van der Waals surface area (Å²) in [5.41, 5.74) is 0.303. The standard InChI is InChI=1S/C16H25NO/c1-11(18)17-5-3-2-4-16(17)14-7-12-6-13(9-14)10-15(16)8-12/h12-15H,2-10H2,1H3. The van der Waals surface area contributed by atoms with Gasteiger partial charge >= 0.3 is 0 Å². The normalized spacial score (nSPS) is 49.9. The van der Waals surface area contributed by atoms with Crippen molar-refractivity contribution in [2.24, 2.45) is 23.7 Å². The first-order valence-corrected chi connectivity index (χ1v) is 7.98. The molecule has 2 heteroatoms. The molecule has 5 fully saturated rings. The average Bonchev–Trinajstić information content (AvgIpc) is 2.35. The van der Waals surface area contributed by atoms with Crippen LogP contribution in [0.4, 0.5) is 0 Å². The fourth-order valence-corrected chi connectivity index (χ4v) is 6.32. The van der Waals surface area contributed by atoms with Crippen LogP contribution >= 0.6 is 0 Å². The molecule has 4 aliphatic carbocycles. The third-order valence-corrected chi connectivity index (χ3v) is 6.64. The predicted molar refractivity (Wildman–Crippen MR) is 71.0 cm³/mol. The first-order chi connectivity index (χ1) is 8.70. The molecule has 0 N–H and O–H groups in total. The number of piperidine rings is 1. The summed E-state index contributed by atoms with van der Waals surface area (Å²) in [6.45, 7) is 2.84. The van der Waals surface area contributed by atoms with E-state index in [1.807, 2.05) is 0 Å². The third kappa shape index (κ3) is 1.32. The molecule has 4 saturated carbocycles. The minimum atomic E-state index is 0.303. The first kappa shape index (κ1) is 11.3. The zero-order chi connectivity index (χ0) is 12.3. The van der Waals surface area contributed by atoms with Crippen molar-refractivity contribution in [2.45, 2.75) is 63.8 Å². The van der Waals surface area contributed by atoms with E-state index in [-0.39, 0.29) is 0 Å². The van der Waals surface area contributed by atoms with Crippen LogP contribution in [0.3, 0.4) is 0 Å². The summed E-state index contributed by atoms with van der Waals surface area (Å²) in [5, 5.41) is 0. The molecule has 0 aromatic carbocycles. The van der Waals surface area contributed by atoms with E-state index in [1.165, 1.54) is 51.4 Å². The highest BCUT2D eigenvalue weighted by molar-refractivity contribution is 5.74. The SMILES string of the molecule is CC(=O)N1CCCCC12C1CC3CC(C1)CC2C3. The quantitative estimate of drug-likeness (QED) is 0.643. The maximum Gasteiger partial charge on any atom is 0.219 e. The maximum absolute atomic E-state index is 12.1. The Morgan fingerprint density at radius 3 is 2.17 bits per heavy atom. The lowest BCUT2D eigenvalue weighted by Crippen LogP contribution is -2.68. The van der Waals surface area contributed by atoms with Gasteiger partial charge in [-0.05, 0) is 75.0 Å². The van der Waals surface area contributed by atoms with Gasteiger partial charge in [-0.2, -0.15) is 0 Å². The molecule has 5 rings (SSSR count). The van der Waals surface area contributed by atoms with Crippen molar-refractivity contribution in [3.05, 3.63) is 0 Å². The Morgan fingerprint density at radius 1 is 1.00 bits per heavy atom. The van der Waals surface area contributed by atoms with Crippen LogP contribution in [0.5, 0.6) is 0 Å². The number of carbonyl (C=O) groups excluding carboxylic acids is 1. The van der Waals surface area contributed by atoms with Crippen molar-refractivity contribution in [3.8, 4) is 0 Å². The van der Waals surface area contributed by atoms with Crippen molar-refractivity contribution in [1.82, 2.24) is 4.90 Å². The second-order valence-corrected chi connectivity index (χ2v) is 7.42. The minimum absolute atomic E-state index is 0.303. The van der Waals surface area contributed by atoms with Gasteiger partial charge in [-0.25, -0.2) is 0 Å². The van der Waals surface area contributed by atoms with Crippen molar-refractivity contribution < 1.29 is 4.79 Å². The Labute approximate surface area is 110 Å². The Balaban J connectivity index is 1.74. The summed E-state index contributed by atoms with van der Waals surface area (Å²) >= 11 is 0. The van der Waals surface area contributed by atoms with Gasteiger partial charge < -0.3 is 4.90 Å². The van der Waals surface area contributed by atoms with Gasteiger partial charge in [0.2, 0.25) is 5.91 Å². The number of hydrogen-bond acceptors (Lipinski definition) is 1. The monoisotopic (exact) mass is 247 g/mol. The Morgan fingerprint density at radius 2 is 1.61 bits per heavy atom. The van der Waals surface area contributed by atoms with E-state index in [0.717, 1.165) is 30.2 Å². The van der Waals surface area contributed by atoms with Gasteiger partial charge in [0.05, 0.1) is 0 Å². The Kier molecular flexibility index (Phi) is 2.35. The molecular weight excluding hydrogens is 222 g/mol. The highest BCUT2D eigenvalue weighted by Gasteiger charge is 2.60. The summed E-state index contributed by atoms with van der Waals surface area (Å²) in [4.78, 5) is 14.4. The van der Waals surface area contributed by atoms with E-state index in [4.69, 9.17) is 0 Å². The number of hydrogen-bond donors (Lipinski definition) is 0. The lowest BCUT2D eigenvalue weighted by Gasteiger charge is -2.66. The molecule has 1 aliphatic heterocycles. The van der Waals surface area contributed by atoms with Crippen LogP contribution in [-0.4, -0.2) is 22.9 Å². The van der Waals surface area contributed by atoms with E-state index >= 15 is 0 Å². The van der Waals surface area contributed by atoms with Gasteiger partial charge in [0.25, 0.3) is 0 Å². The van der Waals surface area contributed by atoms with Gasteiger partial charge in [0.1, 0.15) is 0 Å². The molecule has 18 heavy (non-hydrogen) atoms. The lowest BCUT2D eigenvalue weighted by molar-refractivity contribution is -0.171. The number of likely N-dealkylation sites (tertiary alicyclic amines) is 1. The van der Waals surface area contributed by atoms with Crippen LogP contribution in [0, 0.1) is 23.7 Å². The van der Waals surface area contributed by atoms with Crippen LogP contribution in [0.2, 0.25) is 0 Å². The summed E-state index contributed by atoms with van der Waals surface area (Å²) < 4.78 is 0. The fourth-order valence-electron chi connectivity index (χ4n) is 6.32. The topological polar surface area (TPSA) is 20.3 Å². The van der Waals surface area contributed by atoms with Gasteiger partial charge in [-0.1, -0.05) is 0 Å². The van der Waals surface area contributed by atoms with Crippen molar-refractivity contribution in [2.75, 3.05) is 6.54 Å². The second kappa shape index (κ2) is 3.74. The molecular formula is C16H25NO. The zero-order valence-corrected chi connectivity index (χ0v) is 11.5. The van der Waals surface area contributed by atoms with Crippen LogP contribution in [0.1, 0.15) is 58.3 Å². The molecule has 1 saturated heterocycles. The highest BCUT2D eigenvalue weighted by atomic mass is 16.2. The number of carbonyl (C=O) groups is 1. The molecule has 1 heterocycles. The van der Waals surface area contributed by atoms with Gasteiger partial charge in [0, 0.05) is 19.0 Å². The summed E-state index contributed by atoms with van der Waals surface area (Å²) in [7, 11) is 0. The molecule has 0 aromatic rings. The van der Waals surface area contributed by atoms with Gasteiger partial charge in [-0.15, -0.1) is 0 Å². The second-order valence-electron chi connectivity index (χ2n) is 7.42. The van der Waals surface area contributed by atoms with E-state index in [1.54, 1.807) is 6.92 Å². The van der Waals surface area contributed by atoms with E-state index in [2.05, 4.69) is 4.90 Å². The molecule has 0 unspecified atom stereocenters. The summed E-state index contributed by atoms with van der Waals surface area (Å²) in [6, 6.07) is 0. The molecule has 0 atom stereocenters. The van der Waals surface area contributed by atoms with E-state index in [9.17, 15) is 4.79 Å². The number of nitrogens with zero attached hydrogens (tertiary/aromatic N) is 1. The van der Waals surface area contributed by atoms with Gasteiger partial charge in [0.15, 0.2) is 0 Å². The maximum atomic E-state index is 12.1. The van der Waals surface area contributed by atoms with Crippen molar-refractivity contribution in [3.63, 3.8) is 0 Å². The molecule has 0 aromatic heterocycles.